The number of sulfonamides is 1. The molecule has 0 saturated carbocycles. The number of nitrogens with zero attached hydrogens (tertiary/aromatic N) is 4. The highest BCUT2D eigenvalue weighted by Gasteiger charge is 2.25. The Hall–Kier alpha value is -2.40. The van der Waals surface area contributed by atoms with Gasteiger partial charge in [-0.15, -0.1) is 0 Å². The predicted octanol–water partition coefficient (Wildman–Crippen LogP) is 4.84. The van der Waals surface area contributed by atoms with Crippen molar-refractivity contribution in [1.29, 1.82) is 0 Å². The maximum absolute atomic E-state index is 14.2. The van der Waals surface area contributed by atoms with E-state index >= 15 is 0 Å². The fourth-order valence-corrected chi connectivity index (χ4v) is 6.20. The van der Waals surface area contributed by atoms with Gasteiger partial charge in [-0.05, 0) is 69.9 Å². The summed E-state index contributed by atoms with van der Waals surface area (Å²) in [7, 11) is 0.281. The van der Waals surface area contributed by atoms with Crippen LogP contribution in [-0.2, 0) is 10.0 Å². The molecule has 2 aromatic carbocycles. The highest BCUT2D eigenvalue weighted by Crippen LogP contribution is 2.31. The summed E-state index contributed by atoms with van der Waals surface area (Å²) in [5.74, 6) is -0.727. The van der Waals surface area contributed by atoms with E-state index in [1.807, 2.05) is 32.8 Å². The van der Waals surface area contributed by atoms with Crippen molar-refractivity contribution in [2.45, 2.75) is 38.0 Å². The van der Waals surface area contributed by atoms with Gasteiger partial charge in [-0.25, -0.2) is 17.8 Å². The molecule has 3 aromatic rings. The van der Waals surface area contributed by atoms with E-state index in [0.29, 0.717) is 41.5 Å². The van der Waals surface area contributed by atoms with Crippen LogP contribution < -0.4 is 4.90 Å². The molecule has 3 rings (SSSR count). The molecule has 0 spiro atoms. The Labute approximate surface area is 211 Å². The fraction of sp³-hybridized carbons (Fsp3) is 0.440. The molecule has 1 heterocycles. The highest BCUT2D eigenvalue weighted by atomic mass is 32.2. The largest absolute Gasteiger partial charge is 0.309 e. The number of rotatable bonds is 12. The van der Waals surface area contributed by atoms with Crippen LogP contribution in [0.5, 0.6) is 0 Å². The molecular formula is C25H33FN4O3S2. The second-order valence-corrected chi connectivity index (χ2v) is 11.5. The van der Waals surface area contributed by atoms with Gasteiger partial charge in [-0.3, -0.25) is 9.69 Å². The number of para-hydroxylation sites is 1. The third-order valence-electron chi connectivity index (χ3n) is 5.67. The van der Waals surface area contributed by atoms with Crippen LogP contribution in [0.1, 0.15) is 43.5 Å². The summed E-state index contributed by atoms with van der Waals surface area (Å²) < 4.78 is 42.4. The SMILES string of the molecule is CCCCN(CC)S(=O)(=O)c1ccc(C(=O)N(CCCN(C)C)c2nc3c(F)cccc3s2)cc1. The zero-order chi connectivity index (χ0) is 25.6. The molecule has 1 aromatic heterocycles. The summed E-state index contributed by atoms with van der Waals surface area (Å²) >= 11 is 1.26. The summed E-state index contributed by atoms with van der Waals surface area (Å²) in [6.45, 7) is 5.85. The maximum Gasteiger partial charge on any atom is 0.260 e. The van der Waals surface area contributed by atoms with E-state index in [4.69, 9.17) is 0 Å². The molecule has 0 fully saturated rings. The molecule has 0 aliphatic heterocycles. The number of unbranched alkanes of at least 4 members (excludes halogenated alkanes) is 1. The lowest BCUT2D eigenvalue weighted by Gasteiger charge is -2.22. The second-order valence-electron chi connectivity index (χ2n) is 8.57. The lowest BCUT2D eigenvalue weighted by Crippen LogP contribution is -2.34. The molecular weight excluding hydrogens is 487 g/mol. The molecule has 0 aliphatic rings. The van der Waals surface area contributed by atoms with Crippen LogP contribution in [0.15, 0.2) is 47.4 Å². The van der Waals surface area contributed by atoms with Crippen LogP contribution in [0.25, 0.3) is 10.2 Å². The minimum atomic E-state index is -3.63. The van der Waals surface area contributed by atoms with Crippen LogP contribution in [0.4, 0.5) is 9.52 Å². The predicted molar refractivity (Wildman–Crippen MR) is 140 cm³/mol. The minimum Gasteiger partial charge on any atom is -0.309 e. The zero-order valence-corrected chi connectivity index (χ0v) is 22.3. The van der Waals surface area contributed by atoms with Crippen molar-refractivity contribution in [3.63, 3.8) is 0 Å². The van der Waals surface area contributed by atoms with Gasteiger partial charge in [0.1, 0.15) is 11.3 Å². The van der Waals surface area contributed by atoms with Crippen molar-refractivity contribution in [3.8, 4) is 0 Å². The van der Waals surface area contributed by atoms with Gasteiger partial charge in [0.15, 0.2) is 5.13 Å². The maximum atomic E-state index is 14.2. The number of carbonyl (C=O) groups is 1. The fourth-order valence-electron chi connectivity index (χ4n) is 3.70. The Bertz CT molecular complexity index is 1240. The van der Waals surface area contributed by atoms with E-state index in [0.717, 1.165) is 19.4 Å². The van der Waals surface area contributed by atoms with Gasteiger partial charge in [0.05, 0.1) is 9.60 Å². The number of thiazole rings is 1. The molecule has 10 heteroatoms. The quantitative estimate of drug-likeness (QED) is 0.342. The number of hydrogen-bond donors (Lipinski definition) is 0. The van der Waals surface area contributed by atoms with Crippen molar-refractivity contribution < 1.29 is 17.6 Å². The standard InChI is InChI=1S/C25H33FN4O3S2/c1-5-7-17-29(6-2)35(32,33)20-14-12-19(13-15-20)24(31)30(18-9-16-28(3)4)25-27-23-21(26)10-8-11-22(23)34-25/h8,10-15H,5-7,9,16-18H2,1-4H3. The Balaban J connectivity index is 1.90. The Kier molecular flexibility index (Phi) is 9.34. The third-order valence-corrected chi connectivity index (χ3v) is 8.71. The van der Waals surface area contributed by atoms with Gasteiger partial charge in [0.2, 0.25) is 10.0 Å². The lowest BCUT2D eigenvalue weighted by atomic mass is 10.2. The van der Waals surface area contributed by atoms with Crippen LogP contribution in [0, 0.1) is 5.82 Å². The van der Waals surface area contributed by atoms with E-state index in [2.05, 4.69) is 4.98 Å². The summed E-state index contributed by atoms with van der Waals surface area (Å²) in [4.78, 5) is 21.6. The number of benzene rings is 2. The van der Waals surface area contributed by atoms with Crippen LogP contribution in [0.3, 0.4) is 0 Å². The van der Waals surface area contributed by atoms with Crippen LogP contribution in [-0.4, -0.2) is 68.8 Å². The van der Waals surface area contributed by atoms with E-state index in [-0.39, 0.29) is 16.3 Å². The first-order valence-corrected chi connectivity index (χ1v) is 14.1. The summed E-state index contributed by atoms with van der Waals surface area (Å²) in [6.07, 6.45) is 2.39. The molecule has 0 radical (unpaired) electrons. The average molecular weight is 521 g/mol. The number of aromatic nitrogens is 1. The van der Waals surface area contributed by atoms with Gasteiger partial charge in [-0.1, -0.05) is 37.7 Å². The van der Waals surface area contributed by atoms with Crippen molar-refractivity contribution in [3.05, 3.63) is 53.8 Å². The first kappa shape index (κ1) is 27.2. The molecule has 0 unspecified atom stereocenters. The molecule has 35 heavy (non-hydrogen) atoms. The number of halogens is 1. The first-order chi connectivity index (χ1) is 16.7. The molecule has 0 bridgehead atoms. The molecule has 0 atom stereocenters. The van der Waals surface area contributed by atoms with Crippen molar-refractivity contribution >= 4 is 42.6 Å². The van der Waals surface area contributed by atoms with Gasteiger partial charge >= 0.3 is 0 Å². The topological polar surface area (TPSA) is 73.8 Å². The number of anilines is 1. The molecule has 0 saturated heterocycles. The van der Waals surface area contributed by atoms with Gasteiger partial charge < -0.3 is 4.90 Å². The molecule has 1 amide bonds. The van der Waals surface area contributed by atoms with Gasteiger partial charge in [0.25, 0.3) is 5.91 Å². The lowest BCUT2D eigenvalue weighted by molar-refractivity contribution is 0.0986. The average Bonchev–Trinajstić information content (AvgIpc) is 3.27. The minimum absolute atomic E-state index is 0.160. The number of amides is 1. The van der Waals surface area contributed by atoms with Crippen molar-refractivity contribution in [2.75, 3.05) is 45.2 Å². The van der Waals surface area contributed by atoms with Crippen LogP contribution >= 0.6 is 11.3 Å². The molecule has 0 N–H and O–H groups in total. The van der Waals surface area contributed by atoms with E-state index in [9.17, 15) is 17.6 Å². The summed E-state index contributed by atoms with van der Waals surface area (Å²) in [5.41, 5.74) is 0.594. The third kappa shape index (κ3) is 6.43. The normalized spacial score (nSPS) is 12.1. The molecule has 190 valence electrons. The molecule has 0 aliphatic carbocycles. The summed E-state index contributed by atoms with van der Waals surface area (Å²) in [6, 6.07) is 10.8. The summed E-state index contributed by atoms with van der Waals surface area (Å²) in [5, 5.41) is 0.419. The zero-order valence-electron chi connectivity index (χ0n) is 20.7. The number of hydrogen-bond acceptors (Lipinski definition) is 6. The van der Waals surface area contributed by atoms with Crippen molar-refractivity contribution in [1.82, 2.24) is 14.2 Å². The van der Waals surface area contributed by atoms with E-state index < -0.39 is 15.8 Å². The Morgan fingerprint density at radius 3 is 2.31 bits per heavy atom. The number of carbonyl (C=O) groups excluding carboxylic acids is 1. The number of fused-ring (bicyclic) bond motifs is 1. The van der Waals surface area contributed by atoms with Crippen LogP contribution in [0.2, 0.25) is 0 Å². The van der Waals surface area contributed by atoms with Crippen molar-refractivity contribution in [2.24, 2.45) is 0 Å². The first-order valence-electron chi connectivity index (χ1n) is 11.8. The smallest absolute Gasteiger partial charge is 0.260 e. The Morgan fingerprint density at radius 2 is 1.71 bits per heavy atom. The highest BCUT2D eigenvalue weighted by molar-refractivity contribution is 7.89. The van der Waals surface area contributed by atoms with Gasteiger partial charge in [0, 0.05) is 25.2 Å². The van der Waals surface area contributed by atoms with E-state index in [1.165, 1.54) is 46.0 Å². The second kappa shape index (κ2) is 12.0. The molecule has 7 nitrogen and oxygen atoms in total. The monoisotopic (exact) mass is 520 g/mol. The van der Waals surface area contributed by atoms with E-state index in [1.54, 1.807) is 17.0 Å². The van der Waals surface area contributed by atoms with Gasteiger partial charge in [-0.2, -0.15) is 4.31 Å². The Morgan fingerprint density at radius 1 is 1.00 bits per heavy atom.